The standard InChI is InChI=1S/C20H21ClF2N8O/c1-12-6-20(22,23)11-31(15(12)9-28-19-26-7-13(21)8-27-19)18(32)16-14(10-30(2)29-16)17-24-4-3-5-25-17/h3-5,7-8,10,12,15H,6,9,11H2,1-2H3,(H,26,27,28)/t12?,15-/m1/s1. The molecule has 3 aromatic rings. The highest BCUT2D eigenvalue weighted by atomic mass is 35.5. The molecule has 1 amide bonds. The van der Waals surface area contributed by atoms with E-state index in [9.17, 15) is 13.6 Å². The zero-order valence-corrected chi connectivity index (χ0v) is 18.2. The summed E-state index contributed by atoms with van der Waals surface area (Å²) in [6, 6.07) is 1.11. The number of carbonyl (C=O) groups excluding carboxylic acids is 1. The van der Waals surface area contributed by atoms with E-state index in [1.165, 1.54) is 22.0 Å². The van der Waals surface area contributed by atoms with Crippen LogP contribution in [0.4, 0.5) is 14.7 Å². The number of hydrogen-bond donors (Lipinski definition) is 1. The highest BCUT2D eigenvalue weighted by molar-refractivity contribution is 6.30. The molecule has 12 heteroatoms. The second kappa shape index (κ2) is 8.73. The van der Waals surface area contributed by atoms with Gasteiger partial charge in [-0.05, 0) is 12.0 Å². The molecule has 1 aliphatic rings. The van der Waals surface area contributed by atoms with Gasteiger partial charge < -0.3 is 10.2 Å². The number of nitrogens with one attached hydrogen (secondary N) is 1. The molecule has 1 fully saturated rings. The number of nitrogens with zero attached hydrogens (tertiary/aromatic N) is 7. The van der Waals surface area contributed by atoms with Gasteiger partial charge in [0.05, 0.1) is 35.6 Å². The Kier molecular flexibility index (Phi) is 6.00. The Labute approximate surface area is 187 Å². The molecule has 0 aliphatic carbocycles. The maximum absolute atomic E-state index is 14.5. The normalized spacial score (nSPS) is 20.2. The van der Waals surface area contributed by atoms with Crippen molar-refractivity contribution < 1.29 is 13.6 Å². The topological polar surface area (TPSA) is 102 Å². The summed E-state index contributed by atoms with van der Waals surface area (Å²) in [5.74, 6) is -3.51. The molecule has 1 aliphatic heterocycles. The Hall–Kier alpha value is -3.21. The molecule has 32 heavy (non-hydrogen) atoms. The minimum absolute atomic E-state index is 0.0244. The third-order valence-electron chi connectivity index (χ3n) is 5.27. The van der Waals surface area contributed by atoms with Crippen molar-refractivity contribution in [2.45, 2.75) is 25.3 Å². The fraction of sp³-hybridized carbons (Fsp3) is 0.400. The maximum Gasteiger partial charge on any atom is 0.275 e. The number of alkyl halides is 2. The number of carbonyl (C=O) groups is 1. The van der Waals surface area contributed by atoms with Gasteiger partial charge in [-0.25, -0.2) is 28.7 Å². The highest BCUT2D eigenvalue weighted by Gasteiger charge is 2.47. The van der Waals surface area contributed by atoms with Gasteiger partial charge in [0.15, 0.2) is 11.5 Å². The summed E-state index contributed by atoms with van der Waals surface area (Å²) < 4.78 is 30.4. The van der Waals surface area contributed by atoms with E-state index >= 15 is 0 Å². The molecule has 0 aromatic carbocycles. The molecule has 2 atom stereocenters. The zero-order valence-electron chi connectivity index (χ0n) is 17.4. The molecule has 0 spiro atoms. The summed E-state index contributed by atoms with van der Waals surface area (Å²) in [4.78, 5) is 31.1. The summed E-state index contributed by atoms with van der Waals surface area (Å²) in [6.07, 6.45) is 7.21. The van der Waals surface area contributed by atoms with Crippen molar-refractivity contribution in [2.24, 2.45) is 13.0 Å². The van der Waals surface area contributed by atoms with E-state index in [-0.39, 0.29) is 18.7 Å². The van der Waals surface area contributed by atoms with Crippen LogP contribution in [-0.2, 0) is 7.05 Å². The number of aromatic nitrogens is 6. The molecule has 0 saturated carbocycles. The smallest absolute Gasteiger partial charge is 0.275 e. The van der Waals surface area contributed by atoms with E-state index in [1.807, 2.05) is 0 Å². The predicted octanol–water partition coefficient (Wildman–Crippen LogP) is 2.92. The van der Waals surface area contributed by atoms with Crippen molar-refractivity contribution in [1.29, 1.82) is 0 Å². The average molecular weight is 463 g/mol. The second-order valence-corrected chi connectivity index (χ2v) is 8.22. The van der Waals surface area contributed by atoms with E-state index in [1.54, 1.807) is 38.6 Å². The molecule has 9 nitrogen and oxygen atoms in total. The molecule has 168 valence electrons. The first-order chi connectivity index (χ1) is 15.2. The molecule has 0 bridgehead atoms. The van der Waals surface area contributed by atoms with Crippen LogP contribution < -0.4 is 5.32 Å². The van der Waals surface area contributed by atoms with E-state index in [2.05, 4.69) is 30.4 Å². The fourth-order valence-corrected chi connectivity index (χ4v) is 3.96. The summed E-state index contributed by atoms with van der Waals surface area (Å²) in [6.45, 7) is 1.17. The second-order valence-electron chi connectivity index (χ2n) is 7.78. The number of rotatable bonds is 5. The monoisotopic (exact) mass is 462 g/mol. The Morgan fingerprint density at radius 3 is 2.62 bits per heavy atom. The quantitative estimate of drug-likeness (QED) is 0.622. The van der Waals surface area contributed by atoms with Gasteiger partial charge in [0.25, 0.3) is 11.8 Å². The van der Waals surface area contributed by atoms with Gasteiger partial charge in [-0.3, -0.25) is 9.48 Å². The number of halogens is 3. The molecule has 4 rings (SSSR count). The van der Waals surface area contributed by atoms with Crippen molar-refractivity contribution in [3.05, 3.63) is 47.8 Å². The van der Waals surface area contributed by atoms with Crippen LogP contribution in [0.15, 0.2) is 37.1 Å². The number of likely N-dealkylation sites (tertiary alicyclic amines) is 1. The van der Waals surface area contributed by atoms with E-state index in [0.717, 1.165) is 0 Å². The van der Waals surface area contributed by atoms with Gasteiger partial charge in [0.2, 0.25) is 5.95 Å². The van der Waals surface area contributed by atoms with Crippen LogP contribution in [0, 0.1) is 5.92 Å². The highest BCUT2D eigenvalue weighted by Crippen LogP contribution is 2.36. The lowest BCUT2D eigenvalue weighted by molar-refractivity contribution is -0.0898. The van der Waals surface area contributed by atoms with Gasteiger partial charge in [-0.15, -0.1) is 0 Å². The summed E-state index contributed by atoms with van der Waals surface area (Å²) in [7, 11) is 1.65. The van der Waals surface area contributed by atoms with Crippen LogP contribution in [0.1, 0.15) is 23.8 Å². The van der Waals surface area contributed by atoms with Crippen molar-refractivity contribution >= 4 is 23.5 Å². The first-order valence-electron chi connectivity index (χ1n) is 9.95. The van der Waals surface area contributed by atoms with Crippen molar-refractivity contribution in [2.75, 3.05) is 18.4 Å². The maximum atomic E-state index is 14.5. The Balaban J connectivity index is 1.64. The van der Waals surface area contributed by atoms with E-state index in [4.69, 9.17) is 11.6 Å². The predicted molar refractivity (Wildman–Crippen MR) is 113 cm³/mol. The Morgan fingerprint density at radius 2 is 1.94 bits per heavy atom. The zero-order chi connectivity index (χ0) is 22.9. The lowest BCUT2D eigenvalue weighted by Gasteiger charge is -2.43. The molecule has 4 heterocycles. The Bertz CT molecular complexity index is 1090. The van der Waals surface area contributed by atoms with Crippen LogP contribution in [-0.4, -0.2) is 65.6 Å². The first-order valence-corrected chi connectivity index (χ1v) is 10.3. The van der Waals surface area contributed by atoms with Crippen molar-refractivity contribution in [3.63, 3.8) is 0 Å². The van der Waals surface area contributed by atoms with Crippen LogP contribution in [0.3, 0.4) is 0 Å². The summed E-state index contributed by atoms with van der Waals surface area (Å²) in [5, 5.41) is 7.63. The SMILES string of the molecule is CC1CC(F)(F)CN(C(=O)c2nn(C)cc2-c2ncccn2)[C@@H]1CNc1ncc(Cl)cn1. The lowest BCUT2D eigenvalue weighted by Crippen LogP contribution is -2.57. The molecular formula is C20H21ClF2N8O. The largest absolute Gasteiger partial charge is 0.352 e. The van der Waals surface area contributed by atoms with Crippen molar-refractivity contribution in [1.82, 2.24) is 34.6 Å². The van der Waals surface area contributed by atoms with Gasteiger partial charge >= 0.3 is 0 Å². The van der Waals surface area contributed by atoms with Crippen LogP contribution >= 0.6 is 11.6 Å². The number of aryl methyl sites for hydroxylation is 1. The molecular weight excluding hydrogens is 442 g/mol. The van der Waals surface area contributed by atoms with Crippen LogP contribution in [0.2, 0.25) is 5.02 Å². The first kappa shape index (κ1) is 22.0. The van der Waals surface area contributed by atoms with Crippen molar-refractivity contribution in [3.8, 4) is 11.4 Å². The van der Waals surface area contributed by atoms with Gasteiger partial charge in [0.1, 0.15) is 0 Å². The number of anilines is 1. The van der Waals surface area contributed by atoms with Gasteiger partial charge in [-0.2, -0.15) is 5.10 Å². The lowest BCUT2D eigenvalue weighted by atomic mass is 9.88. The fourth-order valence-electron chi connectivity index (χ4n) is 3.86. The Morgan fingerprint density at radius 1 is 1.25 bits per heavy atom. The number of hydrogen-bond acceptors (Lipinski definition) is 7. The molecule has 1 N–H and O–H groups in total. The molecule has 3 aromatic heterocycles. The van der Waals surface area contributed by atoms with Crippen LogP contribution in [0.25, 0.3) is 11.4 Å². The van der Waals surface area contributed by atoms with Gasteiger partial charge in [-0.1, -0.05) is 18.5 Å². The summed E-state index contributed by atoms with van der Waals surface area (Å²) >= 11 is 5.81. The summed E-state index contributed by atoms with van der Waals surface area (Å²) in [5.41, 5.74) is 0.406. The average Bonchev–Trinajstić information content (AvgIpc) is 3.15. The molecule has 1 unspecified atom stereocenters. The number of piperidine rings is 1. The van der Waals surface area contributed by atoms with Gasteiger partial charge in [0, 0.05) is 38.6 Å². The minimum atomic E-state index is -3.01. The molecule has 0 radical (unpaired) electrons. The third kappa shape index (κ3) is 4.67. The number of amides is 1. The molecule has 1 saturated heterocycles. The minimum Gasteiger partial charge on any atom is -0.352 e. The van der Waals surface area contributed by atoms with E-state index in [0.29, 0.717) is 22.4 Å². The third-order valence-corrected chi connectivity index (χ3v) is 5.46. The van der Waals surface area contributed by atoms with Crippen LogP contribution in [0.5, 0.6) is 0 Å². The van der Waals surface area contributed by atoms with E-state index < -0.39 is 30.3 Å².